The van der Waals surface area contributed by atoms with E-state index >= 15 is 0 Å². The number of anilines is 1. The minimum Gasteiger partial charge on any atom is -0.424 e. The largest absolute Gasteiger partial charge is 0.424 e. The molecule has 101 valence electrons. The maximum Gasteiger partial charge on any atom is 0.138 e. The van der Waals surface area contributed by atoms with Gasteiger partial charge in [-0.2, -0.15) is 0 Å². The number of fused-ring (bicyclic) bond motifs is 1. The van der Waals surface area contributed by atoms with Crippen LogP contribution in [0.2, 0.25) is 39.3 Å². The molecule has 0 heterocycles. The predicted molar refractivity (Wildman–Crippen MR) is 92.0 cm³/mol. The third-order valence-electron chi connectivity index (χ3n) is 3.27. The fraction of sp³-hybridized carbons (Fsp3) is 0.375. The molecular weight excluding hydrogens is 262 g/mol. The van der Waals surface area contributed by atoms with Crippen molar-refractivity contribution in [1.82, 2.24) is 0 Å². The first-order chi connectivity index (χ1) is 8.71. The average Bonchev–Trinajstić information content (AvgIpc) is 2.25. The van der Waals surface area contributed by atoms with Gasteiger partial charge in [-0.3, -0.25) is 0 Å². The summed E-state index contributed by atoms with van der Waals surface area (Å²) in [4.78, 5) is 0. The lowest BCUT2D eigenvalue weighted by Gasteiger charge is -2.46. The summed E-state index contributed by atoms with van der Waals surface area (Å²) in [6.45, 7) is 14.6. The molecule has 0 saturated heterocycles. The van der Waals surface area contributed by atoms with Crippen molar-refractivity contribution in [2.75, 3.05) is 4.23 Å². The summed E-state index contributed by atoms with van der Waals surface area (Å²) in [5.41, 5.74) is 1.41. The number of hydrogen-bond donors (Lipinski definition) is 0. The molecule has 0 N–H and O–H groups in total. The highest BCUT2D eigenvalue weighted by molar-refractivity contribution is 6.99. The minimum atomic E-state index is -1.40. The van der Waals surface area contributed by atoms with Gasteiger partial charge in [0.15, 0.2) is 0 Å². The van der Waals surface area contributed by atoms with E-state index in [-0.39, 0.29) is 0 Å². The van der Waals surface area contributed by atoms with Gasteiger partial charge in [0.2, 0.25) is 0 Å². The van der Waals surface area contributed by atoms with Gasteiger partial charge in [0.25, 0.3) is 0 Å². The number of rotatable bonds is 3. The molecule has 0 fully saturated rings. The zero-order chi connectivity index (χ0) is 14.3. The van der Waals surface area contributed by atoms with Crippen LogP contribution in [0, 0.1) is 6.07 Å². The summed E-state index contributed by atoms with van der Waals surface area (Å²) in [5.74, 6) is 0. The Hall–Kier alpha value is -1.07. The maximum atomic E-state index is 3.35. The van der Waals surface area contributed by atoms with Crippen molar-refractivity contribution in [3.63, 3.8) is 0 Å². The fourth-order valence-corrected chi connectivity index (χ4v) is 12.9. The molecule has 2 aromatic rings. The Labute approximate surface area is 119 Å². The number of nitrogens with zero attached hydrogens (tertiary/aromatic N) is 1. The first-order valence-corrected chi connectivity index (χ1v) is 13.8. The molecule has 1 nitrogen and oxygen atoms in total. The first kappa shape index (κ1) is 14.3. The molecule has 0 aliphatic carbocycles. The van der Waals surface area contributed by atoms with Crippen molar-refractivity contribution in [3.8, 4) is 0 Å². The predicted octanol–water partition coefficient (Wildman–Crippen LogP) is 5.12. The van der Waals surface area contributed by atoms with Crippen LogP contribution in [0.15, 0.2) is 36.4 Å². The van der Waals surface area contributed by atoms with E-state index in [0.717, 1.165) is 0 Å². The molecule has 1 radical (unpaired) electrons. The molecule has 0 saturated carbocycles. The Balaban J connectivity index is 2.70. The lowest BCUT2D eigenvalue weighted by Crippen LogP contribution is -2.59. The van der Waals surface area contributed by atoms with Crippen molar-refractivity contribution in [1.29, 1.82) is 0 Å². The molecular formula is C16H24NSi2. The van der Waals surface area contributed by atoms with Crippen molar-refractivity contribution < 1.29 is 0 Å². The van der Waals surface area contributed by atoms with E-state index in [1.54, 1.807) is 0 Å². The molecule has 0 aliphatic rings. The zero-order valence-corrected chi connectivity index (χ0v) is 14.9. The lowest BCUT2D eigenvalue weighted by atomic mass is 10.1. The van der Waals surface area contributed by atoms with Gasteiger partial charge < -0.3 is 4.23 Å². The van der Waals surface area contributed by atoms with Crippen LogP contribution in [-0.4, -0.2) is 16.5 Å². The summed E-state index contributed by atoms with van der Waals surface area (Å²) in [6.07, 6.45) is 0. The summed E-state index contributed by atoms with van der Waals surface area (Å²) in [7, 11) is -2.80. The lowest BCUT2D eigenvalue weighted by molar-refractivity contribution is 1.37. The topological polar surface area (TPSA) is 3.24 Å². The Morgan fingerprint density at radius 2 is 1.42 bits per heavy atom. The molecule has 0 aliphatic heterocycles. The Kier molecular flexibility index (Phi) is 3.62. The van der Waals surface area contributed by atoms with Gasteiger partial charge in [0, 0.05) is 11.1 Å². The Morgan fingerprint density at radius 3 is 2.00 bits per heavy atom. The van der Waals surface area contributed by atoms with Gasteiger partial charge in [0.1, 0.15) is 16.5 Å². The van der Waals surface area contributed by atoms with Crippen LogP contribution in [0.3, 0.4) is 0 Å². The second kappa shape index (κ2) is 4.80. The SMILES string of the molecule is C[Si](C)(C)N(c1cc[c]c2ccccc12)[Si](C)(C)C. The van der Waals surface area contributed by atoms with Gasteiger partial charge in [-0.05, 0) is 17.5 Å². The number of hydrogen-bond acceptors (Lipinski definition) is 1. The molecule has 0 bridgehead atoms. The molecule has 0 atom stereocenters. The van der Waals surface area contributed by atoms with Crippen LogP contribution in [0.25, 0.3) is 10.8 Å². The van der Waals surface area contributed by atoms with Crippen molar-refractivity contribution in [3.05, 3.63) is 42.5 Å². The van der Waals surface area contributed by atoms with E-state index in [4.69, 9.17) is 0 Å². The van der Waals surface area contributed by atoms with Crippen LogP contribution in [-0.2, 0) is 0 Å². The van der Waals surface area contributed by atoms with Crippen LogP contribution >= 0.6 is 0 Å². The summed E-state index contributed by atoms with van der Waals surface area (Å²) in [6, 6.07) is 16.3. The third kappa shape index (κ3) is 2.92. The maximum absolute atomic E-state index is 3.35. The third-order valence-corrected chi connectivity index (χ3v) is 10.5. The quantitative estimate of drug-likeness (QED) is 0.708. The normalized spacial score (nSPS) is 12.7. The van der Waals surface area contributed by atoms with Gasteiger partial charge in [-0.15, -0.1) is 0 Å². The van der Waals surface area contributed by atoms with Gasteiger partial charge in [-0.25, -0.2) is 0 Å². The van der Waals surface area contributed by atoms with Gasteiger partial charge >= 0.3 is 0 Å². The van der Waals surface area contributed by atoms with Crippen molar-refractivity contribution >= 4 is 32.9 Å². The molecule has 19 heavy (non-hydrogen) atoms. The summed E-state index contributed by atoms with van der Waals surface area (Å²) >= 11 is 0. The summed E-state index contributed by atoms with van der Waals surface area (Å²) in [5, 5.41) is 2.57. The highest BCUT2D eigenvalue weighted by Gasteiger charge is 2.35. The van der Waals surface area contributed by atoms with Crippen molar-refractivity contribution in [2.45, 2.75) is 39.3 Å². The molecule has 0 spiro atoms. The van der Waals surface area contributed by atoms with Crippen LogP contribution in [0.1, 0.15) is 0 Å². The van der Waals surface area contributed by atoms with E-state index < -0.39 is 16.5 Å². The van der Waals surface area contributed by atoms with Crippen LogP contribution in [0.5, 0.6) is 0 Å². The highest BCUT2D eigenvalue weighted by Crippen LogP contribution is 2.33. The smallest absolute Gasteiger partial charge is 0.138 e. The van der Waals surface area contributed by atoms with Crippen LogP contribution in [0.4, 0.5) is 5.69 Å². The number of benzene rings is 2. The van der Waals surface area contributed by atoms with E-state index in [1.807, 2.05) is 0 Å². The second-order valence-corrected chi connectivity index (χ2v) is 17.1. The zero-order valence-electron chi connectivity index (χ0n) is 12.9. The summed E-state index contributed by atoms with van der Waals surface area (Å²) < 4.78 is 2.77. The first-order valence-electron chi connectivity index (χ1n) is 6.91. The van der Waals surface area contributed by atoms with E-state index in [0.29, 0.717) is 0 Å². The molecule has 0 unspecified atom stereocenters. The van der Waals surface area contributed by atoms with Gasteiger partial charge in [-0.1, -0.05) is 69.6 Å². The highest BCUT2D eigenvalue weighted by atomic mass is 28.4. The molecule has 0 aromatic heterocycles. The monoisotopic (exact) mass is 286 g/mol. The fourth-order valence-electron chi connectivity index (χ4n) is 3.06. The van der Waals surface area contributed by atoms with Crippen LogP contribution < -0.4 is 4.23 Å². The molecule has 0 amide bonds. The van der Waals surface area contributed by atoms with E-state index in [1.165, 1.54) is 16.5 Å². The standard InChI is InChI=1S/C16H24NSi2/c1-18(2,3)17(19(4,5)6)16-13-9-11-14-10-7-8-12-15(14)16/h7-10,12-13H,1-6H3. The Morgan fingerprint density at radius 1 is 0.842 bits per heavy atom. The molecule has 2 aromatic carbocycles. The van der Waals surface area contributed by atoms with E-state index in [2.05, 4.69) is 86.0 Å². The minimum absolute atomic E-state index is 1.22. The molecule has 2 rings (SSSR count). The van der Waals surface area contributed by atoms with E-state index in [9.17, 15) is 0 Å². The molecule has 3 heteroatoms. The van der Waals surface area contributed by atoms with Crippen molar-refractivity contribution in [2.24, 2.45) is 0 Å². The second-order valence-electron chi connectivity index (χ2n) is 7.09. The Bertz CT molecular complexity index is 560. The van der Waals surface area contributed by atoms with Gasteiger partial charge in [0.05, 0.1) is 0 Å². The average molecular weight is 287 g/mol.